The van der Waals surface area contributed by atoms with Crippen LogP contribution in [0, 0.1) is 22.7 Å². The molecule has 7 amide bonds. The van der Waals surface area contributed by atoms with E-state index in [-0.39, 0.29) is 37.8 Å². The smallest absolute Gasteiger partial charge is 0.403 e. The van der Waals surface area contributed by atoms with Crippen molar-refractivity contribution in [2.45, 2.75) is 185 Å². The second-order valence-corrected chi connectivity index (χ2v) is 22.5. The Morgan fingerprint density at radius 2 is 1.66 bits per heavy atom. The van der Waals surface area contributed by atoms with Crippen molar-refractivity contribution in [1.29, 1.82) is 0 Å². The molecule has 1 spiro atoms. The number of carbonyl (C=O) groups is 7. The molecule has 1 aromatic rings. The molecule has 7 rings (SSSR count). The zero-order valence-corrected chi connectivity index (χ0v) is 41.9. The molecule has 1 aromatic carbocycles. The summed E-state index contributed by atoms with van der Waals surface area (Å²) < 4.78 is 65.5. The van der Waals surface area contributed by atoms with E-state index in [1.54, 1.807) is 32.0 Å². The molecular formula is C50H70ClF4N7O8. The van der Waals surface area contributed by atoms with E-state index < -0.39 is 132 Å². The third-order valence-corrected chi connectivity index (χ3v) is 16.0. The fourth-order valence-electron chi connectivity index (χ4n) is 11.0. The molecule has 20 heteroatoms. The van der Waals surface area contributed by atoms with Gasteiger partial charge in [-0.15, -0.1) is 0 Å². The molecule has 0 radical (unpaired) electrons. The summed E-state index contributed by atoms with van der Waals surface area (Å²) in [7, 11) is 2.83. The lowest BCUT2D eigenvalue weighted by atomic mass is 9.44. The van der Waals surface area contributed by atoms with E-state index in [0.29, 0.717) is 59.8 Å². The van der Waals surface area contributed by atoms with Gasteiger partial charge in [-0.1, -0.05) is 31.9 Å². The number of likely N-dealkylation sites (N-methyl/N-ethyl adjacent to an activating group) is 2. The second-order valence-electron chi connectivity index (χ2n) is 22.0. The zero-order chi connectivity index (χ0) is 51.1. The number of rotatable bonds is 12. The summed E-state index contributed by atoms with van der Waals surface area (Å²) in [6.45, 7) is 6.29. The topological polar surface area (TPSA) is 187 Å². The number of hydrogen-bond donors (Lipinski definition) is 4. The summed E-state index contributed by atoms with van der Waals surface area (Å²) in [6.07, 6.45) is -1.57. The van der Waals surface area contributed by atoms with Crippen LogP contribution in [-0.4, -0.2) is 137 Å². The summed E-state index contributed by atoms with van der Waals surface area (Å²) in [5.41, 5.74) is -4.15. The summed E-state index contributed by atoms with van der Waals surface area (Å²) in [5.74, 6) is -5.45. The molecule has 0 unspecified atom stereocenters. The van der Waals surface area contributed by atoms with Crippen molar-refractivity contribution in [3.05, 3.63) is 28.8 Å². The highest BCUT2D eigenvalue weighted by Crippen LogP contribution is 2.69. The summed E-state index contributed by atoms with van der Waals surface area (Å²) in [6, 6.07) is -1.42. The lowest BCUT2D eigenvalue weighted by molar-refractivity contribution is -0.285. The van der Waals surface area contributed by atoms with Crippen LogP contribution in [0.1, 0.15) is 130 Å². The number of benzene rings is 1. The lowest BCUT2D eigenvalue weighted by Crippen LogP contribution is -2.66. The normalized spacial score (nSPS) is 27.9. The highest BCUT2D eigenvalue weighted by atomic mass is 35.5. The Bertz CT molecular complexity index is 2170. The minimum absolute atomic E-state index is 0.0182. The first-order chi connectivity index (χ1) is 32.8. The second kappa shape index (κ2) is 20.8. The maximum absolute atomic E-state index is 15.1. The van der Waals surface area contributed by atoms with Crippen molar-refractivity contribution in [3.8, 4) is 5.75 Å². The van der Waals surface area contributed by atoms with E-state index in [1.807, 2.05) is 13.8 Å². The minimum Gasteiger partial charge on any atom is -0.490 e. The number of likely N-dealkylation sites (tertiary alicyclic amines) is 1. The Morgan fingerprint density at radius 3 is 2.24 bits per heavy atom. The lowest BCUT2D eigenvalue weighted by Gasteiger charge is -2.60. The average molecular weight is 1010 g/mol. The van der Waals surface area contributed by atoms with Gasteiger partial charge in [0.1, 0.15) is 53.1 Å². The molecule has 4 aliphatic carbocycles. The SMILES string of the molecule is CC(C)C[C@@H]1NC(=O)[C@@H](N(C)C(=O)[C@@H](NC(=O)[C@@H]2C[C@@H](F)CN2C(=O)C2(C(F)(F)F)CC3(CCC3)C2)C2CC2)CCCCNC(=O)C(C)(C)NC(=O)[C@H](Cc2cc(Cl)ccc2OC2CCC2)N(C)C1=O. The van der Waals surface area contributed by atoms with Gasteiger partial charge in [0, 0.05) is 38.5 Å². The number of alkyl halides is 4. The molecule has 0 bridgehead atoms. The Kier molecular flexibility index (Phi) is 15.8. The largest absolute Gasteiger partial charge is 0.490 e. The van der Waals surface area contributed by atoms with Crippen molar-refractivity contribution >= 4 is 53.0 Å². The van der Waals surface area contributed by atoms with Gasteiger partial charge in [0.25, 0.3) is 0 Å². The van der Waals surface area contributed by atoms with Gasteiger partial charge in [-0.05, 0) is 138 Å². The molecule has 15 nitrogen and oxygen atoms in total. The van der Waals surface area contributed by atoms with Gasteiger partial charge >= 0.3 is 6.18 Å². The molecule has 2 heterocycles. The molecule has 70 heavy (non-hydrogen) atoms. The minimum atomic E-state index is -4.90. The van der Waals surface area contributed by atoms with E-state index in [2.05, 4.69) is 21.3 Å². The van der Waals surface area contributed by atoms with Gasteiger partial charge in [0.05, 0.1) is 12.6 Å². The summed E-state index contributed by atoms with van der Waals surface area (Å²) in [5, 5.41) is 11.6. The van der Waals surface area contributed by atoms with Gasteiger partial charge in [-0.3, -0.25) is 33.6 Å². The van der Waals surface area contributed by atoms with Crippen molar-refractivity contribution < 1.29 is 55.9 Å². The Morgan fingerprint density at radius 1 is 0.971 bits per heavy atom. The van der Waals surface area contributed by atoms with Crippen LogP contribution in [0.5, 0.6) is 5.75 Å². The third-order valence-electron chi connectivity index (χ3n) is 15.7. The number of nitrogens with zero attached hydrogens (tertiary/aromatic N) is 3. The zero-order valence-electron chi connectivity index (χ0n) is 41.2. The van der Waals surface area contributed by atoms with Gasteiger partial charge in [-0.25, -0.2) is 4.39 Å². The molecule has 0 aromatic heterocycles. The van der Waals surface area contributed by atoms with Crippen LogP contribution >= 0.6 is 11.6 Å². The van der Waals surface area contributed by atoms with Gasteiger partial charge in [0.15, 0.2) is 0 Å². The van der Waals surface area contributed by atoms with Gasteiger partial charge in [0.2, 0.25) is 41.4 Å². The maximum Gasteiger partial charge on any atom is 0.403 e. The summed E-state index contributed by atoms with van der Waals surface area (Å²) >= 11 is 6.47. The van der Waals surface area contributed by atoms with Crippen molar-refractivity contribution in [1.82, 2.24) is 36.0 Å². The molecule has 4 N–H and O–H groups in total. The van der Waals surface area contributed by atoms with E-state index >= 15 is 4.39 Å². The summed E-state index contributed by atoms with van der Waals surface area (Å²) in [4.78, 5) is 103. The quantitative estimate of drug-likeness (QED) is 0.197. The number of halogens is 5. The predicted molar refractivity (Wildman–Crippen MR) is 251 cm³/mol. The number of carbonyl (C=O) groups excluding carboxylic acids is 7. The number of ether oxygens (including phenoxy) is 1. The highest BCUT2D eigenvalue weighted by molar-refractivity contribution is 6.30. The van der Waals surface area contributed by atoms with Crippen LogP contribution in [0.25, 0.3) is 0 Å². The Balaban J connectivity index is 1.13. The van der Waals surface area contributed by atoms with Crippen molar-refractivity contribution in [2.75, 3.05) is 27.2 Å². The van der Waals surface area contributed by atoms with E-state index in [0.717, 1.165) is 25.7 Å². The molecule has 4 saturated carbocycles. The molecule has 388 valence electrons. The predicted octanol–water partition coefficient (Wildman–Crippen LogP) is 5.54. The molecule has 6 fully saturated rings. The maximum atomic E-state index is 15.1. The van der Waals surface area contributed by atoms with Crippen LogP contribution in [0.3, 0.4) is 0 Å². The average Bonchev–Trinajstić information content (AvgIpc) is 4.00. The monoisotopic (exact) mass is 1010 g/mol. The first-order valence-electron chi connectivity index (χ1n) is 25.1. The van der Waals surface area contributed by atoms with Crippen molar-refractivity contribution in [2.24, 2.45) is 22.7 Å². The molecule has 2 aliphatic heterocycles. The van der Waals surface area contributed by atoms with Crippen LogP contribution < -0.4 is 26.0 Å². The Hall–Kier alpha value is -4.68. The Labute approximate surface area is 412 Å². The fraction of sp³-hybridized carbons (Fsp3) is 0.740. The van der Waals surface area contributed by atoms with Crippen molar-refractivity contribution in [3.63, 3.8) is 0 Å². The fourth-order valence-corrected chi connectivity index (χ4v) is 11.2. The van der Waals surface area contributed by atoms with Crippen LogP contribution in [0.2, 0.25) is 5.02 Å². The standard InChI is InChI=1S/C50H70ClF4N7O8/c1-28(2)21-34-43(66)61(6)36(23-30-22-31(51)16-17-38(30)70-33-11-9-12-33)42(65)59-47(3,4)45(68)56-20-8-7-13-35(40(63)57-34)60(5)44(67)39(29-14-15-29)58-41(64)37-24-32(52)25-62(37)46(69)49(50(53,54)55)26-48(27-49)18-10-19-48/h16-17,22,28-29,32-37,39H,7-15,18-21,23-27H2,1-6H3,(H,56,68)(H,57,63)(H,58,64)(H,59,65)/t32-,34+,35+,36+,37+,39+/m1/s1. The number of nitrogens with one attached hydrogen (secondary N) is 4. The first kappa shape index (κ1) is 53.1. The van der Waals surface area contributed by atoms with Gasteiger partial charge in [-0.2, -0.15) is 13.2 Å². The molecular weight excluding hydrogens is 938 g/mol. The van der Waals surface area contributed by atoms with Crippen LogP contribution in [-0.2, 0) is 40.0 Å². The number of amides is 7. The van der Waals surface area contributed by atoms with E-state index in [9.17, 15) is 46.7 Å². The third kappa shape index (κ3) is 11.3. The molecule has 6 aliphatic rings. The highest BCUT2D eigenvalue weighted by Gasteiger charge is 2.74. The van der Waals surface area contributed by atoms with E-state index in [4.69, 9.17) is 16.3 Å². The first-order valence-corrected chi connectivity index (χ1v) is 25.4. The molecule has 6 atom stereocenters. The van der Waals surface area contributed by atoms with Crippen LogP contribution in [0.4, 0.5) is 17.6 Å². The molecule has 2 saturated heterocycles. The van der Waals surface area contributed by atoms with E-state index in [1.165, 1.54) is 23.9 Å². The van der Waals surface area contributed by atoms with Crippen LogP contribution in [0.15, 0.2) is 18.2 Å². The van der Waals surface area contributed by atoms with Gasteiger partial charge < -0.3 is 40.7 Å². The number of hydrogen-bond acceptors (Lipinski definition) is 8.